The number of anilines is 1. The highest BCUT2D eigenvalue weighted by molar-refractivity contribution is 5.96. The molecule has 0 aliphatic carbocycles. The summed E-state index contributed by atoms with van der Waals surface area (Å²) in [4.78, 5) is 6.97. The van der Waals surface area contributed by atoms with Gasteiger partial charge in [0, 0.05) is 24.7 Å². The Morgan fingerprint density at radius 2 is 1.80 bits per heavy atom. The van der Waals surface area contributed by atoms with Gasteiger partial charge in [-0.15, -0.1) is 0 Å². The van der Waals surface area contributed by atoms with E-state index in [0.717, 1.165) is 42.0 Å². The lowest BCUT2D eigenvalue weighted by molar-refractivity contribution is 0.403. The first-order valence-corrected chi connectivity index (χ1v) is 8.92. The molecule has 2 heterocycles. The van der Waals surface area contributed by atoms with Crippen LogP contribution in [0, 0.1) is 17.2 Å². The van der Waals surface area contributed by atoms with Crippen LogP contribution in [-0.4, -0.2) is 18.1 Å². The summed E-state index contributed by atoms with van der Waals surface area (Å²) in [5, 5.41) is 11.6. The summed E-state index contributed by atoms with van der Waals surface area (Å²) in [5.41, 5.74) is 2.14. The SMILES string of the molecule is N#Cc1cccc2ccnc(N3CCC(Cc4ccccc4)CC3)c12. The van der Waals surface area contributed by atoms with Gasteiger partial charge >= 0.3 is 0 Å². The zero-order valence-electron chi connectivity index (χ0n) is 14.2. The monoisotopic (exact) mass is 327 g/mol. The Kier molecular flexibility index (Phi) is 4.35. The van der Waals surface area contributed by atoms with Gasteiger partial charge in [-0.2, -0.15) is 5.26 Å². The van der Waals surface area contributed by atoms with Crippen molar-refractivity contribution in [1.82, 2.24) is 4.98 Å². The van der Waals surface area contributed by atoms with Crippen LogP contribution >= 0.6 is 0 Å². The molecule has 1 saturated heterocycles. The maximum Gasteiger partial charge on any atom is 0.137 e. The number of pyridine rings is 1. The van der Waals surface area contributed by atoms with E-state index in [1.54, 1.807) is 0 Å². The van der Waals surface area contributed by atoms with Gasteiger partial charge in [-0.25, -0.2) is 4.98 Å². The lowest BCUT2D eigenvalue weighted by atomic mass is 9.90. The molecule has 1 aromatic heterocycles. The number of fused-ring (bicyclic) bond motifs is 1. The topological polar surface area (TPSA) is 39.9 Å². The van der Waals surface area contributed by atoms with Crippen molar-refractivity contribution in [2.45, 2.75) is 19.3 Å². The molecule has 0 amide bonds. The number of nitriles is 1. The highest BCUT2D eigenvalue weighted by Gasteiger charge is 2.22. The Hall–Kier alpha value is -2.86. The van der Waals surface area contributed by atoms with Gasteiger partial charge in [0.25, 0.3) is 0 Å². The molecule has 4 rings (SSSR count). The third-order valence-electron chi connectivity index (χ3n) is 5.17. The molecule has 0 radical (unpaired) electrons. The quantitative estimate of drug-likeness (QED) is 0.707. The van der Waals surface area contributed by atoms with E-state index in [2.05, 4.69) is 52.4 Å². The Morgan fingerprint density at radius 3 is 2.56 bits per heavy atom. The number of hydrogen-bond donors (Lipinski definition) is 0. The molecule has 1 fully saturated rings. The molecule has 2 aromatic carbocycles. The molecule has 0 bridgehead atoms. The van der Waals surface area contributed by atoms with Gasteiger partial charge in [0.1, 0.15) is 5.82 Å². The van der Waals surface area contributed by atoms with E-state index in [0.29, 0.717) is 5.56 Å². The smallest absolute Gasteiger partial charge is 0.137 e. The van der Waals surface area contributed by atoms with Crippen LogP contribution in [0.5, 0.6) is 0 Å². The number of benzene rings is 2. The normalized spacial score (nSPS) is 15.2. The minimum Gasteiger partial charge on any atom is -0.356 e. The number of aromatic nitrogens is 1. The molecular formula is C22H21N3. The van der Waals surface area contributed by atoms with Gasteiger partial charge in [0.05, 0.1) is 11.6 Å². The van der Waals surface area contributed by atoms with Crippen LogP contribution in [0.4, 0.5) is 5.82 Å². The average Bonchev–Trinajstić information content (AvgIpc) is 2.68. The zero-order chi connectivity index (χ0) is 17.1. The van der Waals surface area contributed by atoms with Crippen LogP contribution in [0.15, 0.2) is 60.8 Å². The molecular weight excluding hydrogens is 306 g/mol. The molecule has 3 nitrogen and oxygen atoms in total. The lowest BCUT2D eigenvalue weighted by Crippen LogP contribution is -2.35. The molecule has 0 N–H and O–H groups in total. The van der Waals surface area contributed by atoms with Gasteiger partial charge in [-0.3, -0.25) is 0 Å². The Balaban J connectivity index is 1.53. The fraction of sp³-hybridized carbons (Fsp3) is 0.273. The summed E-state index contributed by atoms with van der Waals surface area (Å²) in [5.74, 6) is 1.69. The molecule has 0 spiro atoms. The largest absolute Gasteiger partial charge is 0.356 e. The van der Waals surface area contributed by atoms with Gasteiger partial charge in [0.2, 0.25) is 0 Å². The third-order valence-corrected chi connectivity index (χ3v) is 5.17. The van der Waals surface area contributed by atoms with Gasteiger partial charge in [0.15, 0.2) is 0 Å². The van der Waals surface area contributed by atoms with E-state index < -0.39 is 0 Å². The van der Waals surface area contributed by atoms with E-state index >= 15 is 0 Å². The van der Waals surface area contributed by atoms with Crippen molar-refractivity contribution in [3.8, 4) is 6.07 Å². The molecule has 1 aliphatic rings. The minimum atomic E-state index is 0.715. The standard InChI is InChI=1S/C22H21N3/c23-16-20-8-4-7-19-9-12-24-22(21(19)20)25-13-10-18(11-14-25)15-17-5-2-1-3-6-17/h1-9,12,18H,10-11,13-15H2. The van der Waals surface area contributed by atoms with Crippen molar-refractivity contribution in [2.24, 2.45) is 5.92 Å². The van der Waals surface area contributed by atoms with Gasteiger partial charge in [-0.05, 0) is 48.3 Å². The van der Waals surface area contributed by atoms with Crippen LogP contribution in [0.2, 0.25) is 0 Å². The van der Waals surface area contributed by atoms with Crippen LogP contribution < -0.4 is 4.90 Å². The number of nitrogens with zero attached hydrogens (tertiary/aromatic N) is 3. The summed E-state index contributed by atoms with van der Waals surface area (Å²) in [6.45, 7) is 2.01. The predicted molar refractivity (Wildman–Crippen MR) is 102 cm³/mol. The highest BCUT2D eigenvalue weighted by Crippen LogP contribution is 2.31. The Labute approximate surface area is 148 Å². The summed E-state index contributed by atoms with van der Waals surface area (Å²) in [7, 11) is 0. The molecule has 25 heavy (non-hydrogen) atoms. The molecule has 0 saturated carbocycles. The molecule has 3 aromatic rings. The Bertz CT molecular complexity index is 898. The molecule has 124 valence electrons. The first kappa shape index (κ1) is 15.7. The summed E-state index contributed by atoms with van der Waals surface area (Å²) < 4.78 is 0. The second kappa shape index (κ2) is 6.94. The molecule has 3 heteroatoms. The van der Waals surface area contributed by atoms with Crippen LogP contribution in [0.1, 0.15) is 24.0 Å². The highest BCUT2D eigenvalue weighted by atomic mass is 15.2. The predicted octanol–water partition coefficient (Wildman–Crippen LogP) is 4.57. The maximum atomic E-state index is 9.47. The first-order chi connectivity index (χ1) is 12.3. The molecule has 0 unspecified atom stereocenters. The van der Waals surface area contributed by atoms with Crippen molar-refractivity contribution in [2.75, 3.05) is 18.0 Å². The van der Waals surface area contributed by atoms with Crippen molar-refractivity contribution in [3.05, 3.63) is 71.9 Å². The van der Waals surface area contributed by atoms with Crippen LogP contribution in [0.3, 0.4) is 0 Å². The fourth-order valence-electron chi connectivity index (χ4n) is 3.84. The van der Waals surface area contributed by atoms with Gasteiger partial charge < -0.3 is 4.90 Å². The van der Waals surface area contributed by atoms with Crippen molar-refractivity contribution < 1.29 is 0 Å². The third kappa shape index (κ3) is 3.21. The van der Waals surface area contributed by atoms with Crippen LogP contribution in [-0.2, 0) is 6.42 Å². The van der Waals surface area contributed by atoms with Gasteiger partial charge in [-0.1, -0.05) is 42.5 Å². The van der Waals surface area contributed by atoms with Crippen LogP contribution in [0.25, 0.3) is 10.8 Å². The number of hydrogen-bond acceptors (Lipinski definition) is 3. The minimum absolute atomic E-state index is 0.715. The number of rotatable bonds is 3. The van der Waals surface area contributed by atoms with E-state index in [4.69, 9.17) is 0 Å². The maximum absolute atomic E-state index is 9.47. The summed E-state index contributed by atoms with van der Waals surface area (Å²) in [6.07, 6.45) is 5.35. The van der Waals surface area contributed by atoms with E-state index in [1.807, 2.05) is 24.4 Å². The second-order valence-electron chi connectivity index (χ2n) is 6.77. The van der Waals surface area contributed by atoms with E-state index in [-0.39, 0.29) is 0 Å². The average molecular weight is 327 g/mol. The fourth-order valence-corrected chi connectivity index (χ4v) is 3.84. The van der Waals surface area contributed by atoms with Crippen molar-refractivity contribution in [3.63, 3.8) is 0 Å². The Morgan fingerprint density at radius 1 is 1.00 bits per heavy atom. The zero-order valence-corrected chi connectivity index (χ0v) is 14.2. The van der Waals surface area contributed by atoms with E-state index in [9.17, 15) is 5.26 Å². The summed E-state index contributed by atoms with van der Waals surface area (Å²) in [6, 6.07) is 20.9. The molecule has 0 atom stereocenters. The lowest BCUT2D eigenvalue weighted by Gasteiger charge is -2.33. The first-order valence-electron chi connectivity index (χ1n) is 8.92. The second-order valence-corrected chi connectivity index (χ2v) is 6.77. The molecule has 1 aliphatic heterocycles. The van der Waals surface area contributed by atoms with E-state index in [1.165, 1.54) is 18.4 Å². The summed E-state index contributed by atoms with van der Waals surface area (Å²) >= 11 is 0. The van der Waals surface area contributed by atoms with Crippen molar-refractivity contribution >= 4 is 16.6 Å². The number of piperidine rings is 1. The van der Waals surface area contributed by atoms with Crippen molar-refractivity contribution in [1.29, 1.82) is 5.26 Å².